The quantitative estimate of drug-likeness (QED) is 0.397. The fraction of sp³-hybridized carbons (Fsp3) is 0.900. The molecule has 0 unspecified atom stereocenters. The Morgan fingerprint density at radius 3 is 2.15 bits per heavy atom. The summed E-state index contributed by atoms with van der Waals surface area (Å²) in [5, 5.41) is 33.1. The molecule has 0 amide bonds. The van der Waals surface area contributed by atoms with Gasteiger partial charge in [-0.3, -0.25) is 4.79 Å². The van der Waals surface area contributed by atoms with Gasteiger partial charge in [-0.2, -0.15) is 0 Å². The zero-order valence-electron chi connectivity index (χ0n) is 22.6. The molecule has 0 aliphatic heterocycles. The number of hydrogen-bond donors (Lipinski definition) is 3. The normalized spacial score (nSPS) is 53.4. The van der Waals surface area contributed by atoms with Gasteiger partial charge in [0.25, 0.3) is 0 Å². The van der Waals surface area contributed by atoms with E-state index in [0.717, 1.165) is 44.9 Å². The maximum atomic E-state index is 12.8. The molecule has 34 heavy (non-hydrogen) atoms. The molecule has 0 aromatic heterocycles. The first-order valence-corrected chi connectivity index (χ1v) is 13.9. The lowest BCUT2D eigenvalue weighted by Gasteiger charge is -2.71. The number of aliphatic carboxylic acids is 1. The molecule has 4 nitrogen and oxygen atoms in total. The van der Waals surface area contributed by atoms with Crippen molar-refractivity contribution in [2.24, 2.45) is 50.2 Å². The first-order chi connectivity index (χ1) is 15.6. The van der Waals surface area contributed by atoms with Crippen LogP contribution in [0.3, 0.4) is 0 Å². The number of hydrogen-bond acceptors (Lipinski definition) is 3. The van der Waals surface area contributed by atoms with Crippen molar-refractivity contribution in [3.63, 3.8) is 0 Å². The lowest BCUT2D eigenvalue weighted by Crippen LogP contribution is -2.66. The minimum Gasteiger partial charge on any atom is -0.481 e. The van der Waals surface area contributed by atoms with Crippen LogP contribution in [0.15, 0.2) is 11.6 Å². The zero-order chi connectivity index (χ0) is 25.1. The molecule has 9 atom stereocenters. The Morgan fingerprint density at radius 1 is 0.853 bits per heavy atom. The molecule has 4 fully saturated rings. The number of fused-ring (bicyclic) bond motifs is 7. The van der Waals surface area contributed by atoms with E-state index in [9.17, 15) is 20.1 Å². The molecule has 0 aromatic rings. The van der Waals surface area contributed by atoms with Crippen molar-refractivity contribution >= 4 is 5.97 Å². The monoisotopic (exact) mass is 472 g/mol. The first-order valence-electron chi connectivity index (χ1n) is 13.9. The molecular formula is C30H48O4. The van der Waals surface area contributed by atoms with Crippen molar-refractivity contribution in [3.05, 3.63) is 11.6 Å². The Balaban J connectivity index is 1.62. The van der Waals surface area contributed by atoms with Crippen LogP contribution >= 0.6 is 0 Å². The number of allylic oxidation sites excluding steroid dienone is 1. The molecule has 0 bridgehead atoms. The third-order valence-corrected chi connectivity index (χ3v) is 13.3. The summed E-state index contributed by atoms with van der Waals surface area (Å²) in [5.74, 6) is 0.0213. The maximum Gasteiger partial charge on any atom is 0.310 e. The topological polar surface area (TPSA) is 77.8 Å². The third-order valence-electron chi connectivity index (χ3n) is 13.3. The second-order valence-corrected chi connectivity index (χ2v) is 15.0. The van der Waals surface area contributed by atoms with Crippen molar-refractivity contribution in [2.75, 3.05) is 0 Å². The van der Waals surface area contributed by atoms with E-state index in [1.807, 2.05) is 0 Å². The Bertz CT molecular complexity index is 919. The zero-order valence-corrected chi connectivity index (χ0v) is 22.6. The van der Waals surface area contributed by atoms with Gasteiger partial charge in [-0.15, -0.1) is 0 Å². The molecular weight excluding hydrogens is 424 g/mol. The van der Waals surface area contributed by atoms with Crippen LogP contribution < -0.4 is 0 Å². The average molecular weight is 473 g/mol. The van der Waals surface area contributed by atoms with Crippen molar-refractivity contribution in [1.82, 2.24) is 0 Å². The van der Waals surface area contributed by atoms with E-state index in [0.29, 0.717) is 24.7 Å². The van der Waals surface area contributed by atoms with Gasteiger partial charge in [0.2, 0.25) is 0 Å². The van der Waals surface area contributed by atoms with E-state index in [1.54, 1.807) is 0 Å². The number of aliphatic hydroxyl groups excluding tert-OH is 2. The summed E-state index contributed by atoms with van der Waals surface area (Å²) in [6.45, 7) is 16.2. The highest BCUT2D eigenvalue weighted by atomic mass is 16.4. The lowest BCUT2D eigenvalue weighted by atomic mass is 9.33. The van der Waals surface area contributed by atoms with Crippen LogP contribution in [0, 0.1) is 50.2 Å². The number of carboxylic acid groups (broad SMARTS) is 1. The largest absolute Gasteiger partial charge is 0.481 e. The lowest BCUT2D eigenvalue weighted by molar-refractivity contribution is -0.212. The minimum absolute atomic E-state index is 0.0756. The Hall–Kier alpha value is -0.870. The molecule has 4 saturated carbocycles. The van der Waals surface area contributed by atoms with Gasteiger partial charge >= 0.3 is 5.97 Å². The van der Waals surface area contributed by atoms with Crippen molar-refractivity contribution < 1.29 is 20.1 Å². The van der Waals surface area contributed by atoms with Crippen LogP contribution in [0.4, 0.5) is 0 Å². The summed E-state index contributed by atoms with van der Waals surface area (Å²) < 4.78 is 0. The summed E-state index contributed by atoms with van der Waals surface area (Å²) in [4.78, 5) is 12.8. The molecule has 0 aromatic carbocycles. The number of aliphatic hydroxyl groups is 2. The van der Waals surface area contributed by atoms with Crippen molar-refractivity contribution in [1.29, 1.82) is 0 Å². The van der Waals surface area contributed by atoms with E-state index in [2.05, 4.69) is 54.5 Å². The number of rotatable bonds is 1. The number of carboxylic acids is 1. The standard InChI is InChI=1S/C30H48O4/c1-25(2)14-16-30(24(33)34)17-15-28(6)18(22(30)23(25)32)8-9-20-27(5)12-11-21(31)26(3,4)19(27)10-13-29(20,28)7/h8,19-23,31-32H,9-17H2,1-7H3,(H,33,34)/t19-,20-,21-,22+,23-,27-,28+,29+,30-/m0/s1. The van der Waals surface area contributed by atoms with Gasteiger partial charge in [-0.05, 0) is 96.7 Å². The van der Waals surface area contributed by atoms with Crippen LogP contribution in [0.25, 0.3) is 0 Å². The highest BCUT2D eigenvalue weighted by Gasteiger charge is 2.70. The highest BCUT2D eigenvalue weighted by Crippen LogP contribution is 2.75. The molecule has 192 valence electrons. The first kappa shape index (κ1) is 24.8. The van der Waals surface area contributed by atoms with E-state index >= 15 is 0 Å². The Morgan fingerprint density at radius 2 is 1.50 bits per heavy atom. The summed E-state index contributed by atoms with van der Waals surface area (Å²) in [6, 6.07) is 0. The predicted molar refractivity (Wildman–Crippen MR) is 134 cm³/mol. The molecule has 5 rings (SSSR count). The summed E-state index contributed by atoms with van der Waals surface area (Å²) in [6.07, 6.45) is 9.70. The van der Waals surface area contributed by atoms with Gasteiger partial charge < -0.3 is 15.3 Å². The molecule has 4 heteroatoms. The molecule has 0 radical (unpaired) electrons. The highest BCUT2D eigenvalue weighted by molar-refractivity contribution is 5.77. The maximum absolute atomic E-state index is 12.8. The van der Waals surface area contributed by atoms with E-state index in [4.69, 9.17) is 0 Å². The van der Waals surface area contributed by atoms with Gasteiger partial charge in [0.1, 0.15) is 0 Å². The second kappa shape index (κ2) is 7.12. The van der Waals surface area contributed by atoms with Gasteiger partial charge in [0.05, 0.1) is 17.6 Å². The fourth-order valence-electron chi connectivity index (χ4n) is 10.6. The average Bonchev–Trinajstić information content (AvgIpc) is 2.74. The van der Waals surface area contributed by atoms with Crippen molar-refractivity contribution in [3.8, 4) is 0 Å². The summed E-state index contributed by atoms with van der Waals surface area (Å²) in [7, 11) is 0. The van der Waals surface area contributed by atoms with E-state index in [-0.39, 0.29) is 39.1 Å². The van der Waals surface area contributed by atoms with Crippen LogP contribution in [-0.2, 0) is 4.79 Å². The van der Waals surface area contributed by atoms with Gasteiger partial charge in [-0.25, -0.2) is 0 Å². The van der Waals surface area contributed by atoms with Crippen molar-refractivity contribution in [2.45, 2.75) is 118 Å². The van der Waals surface area contributed by atoms with Gasteiger partial charge in [0.15, 0.2) is 0 Å². The van der Waals surface area contributed by atoms with Crippen LogP contribution in [0.2, 0.25) is 0 Å². The smallest absolute Gasteiger partial charge is 0.310 e. The second-order valence-electron chi connectivity index (χ2n) is 15.0. The van der Waals surface area contributed by atoms with Crippen LogP contribution in [0.5, 0.6) is 0 Å². The predicted octanol–water partition coefficient (Wildman–Crippen LogP) is 6.20. The molecule has 5 aliphatic rings. The molecule has 0 saturated heterocycles. The number of carbonyl (C=O) groups is 1. The SMILES string of the molecule is CC1(C)CC[C@]2(C(=O)O)CC[C@]3(C)C(=CC[C@H]4[C@@]5(C)CC[C@H](O)C(C)(C)[C@@H]5CC[C@]43C)[C@@H]2[C@@H]1O. The fourth-order valence-corrected chi connectivity index (χ4v) is 10.6. The molecule has 0 heterocycles. The van der Waals surface area contributed by atoms with Gasteiger partial charge in [-0.1, -0.05) is 60.1 Å². The van der Waals surface area contributed by atoms with Crippen LogP contribution in [-0.4, -0.2) is 33.5 Å². The van der Waals surface area contributed by atoms with Crippen LogP contribution in [0.1, 0.15) is 106 Å². The minimum atomic E-state index is -0.832. The molecule has 0 spiro atoms. The summed E-state index contributed by atoms with van der Waals surface area (Å²) >= 11 is 0. The summed E-state index contributed by atoms with van der Waals surface area (Å²) in [5.41, 5.74) is 0.238. The molecule has 3 N–H and O–H groups in total. The Labute approximate surface area is 206 Å². The van der Waals surface area contributed by atoms with Gasteiger partial charge in [0, 0.05) is 5.92 Å². The van der Waals surface area contributed by atoms with E-state index in [1.165, 1.54) is 5.57 Å². The van der Waals surface area contributed by atoms with E-state index < -0.39 is 17.5 Å². The molecule has 5 aliphatic carbocycles. The Kier molecular flexibility index (Phi) is 5.20. The third kappa shape index (κ3) is 2.76.